The monoisotopic (exact) mass is 244 g/mol. The summed E-state index contributed by atoms with van der Waals surface area (Å²) in [5.74, 6) is -0.428. The molecule has 0 radical (unpaired) electrons. The molecule has 0 saturated carbocycles. The third-order valence-corrected chi connectivity index (χ3v) is 3.76. The smallest absolute Gasteiger partial charge is 0.320 e. The maximum Gasteiger partial charge on any atom is 0.320 e. The molecule has 18 heavy (non-hydrogen) atoms. The molecular formula is C14H16N2O2. The van der Waals surface area contributed by atoms with Crippen molar-refractivity contribution in [1.82, 2.24) is 10.3 Å². The second-order valence-corrected chi connectivity index (χ2v) is 4.86. The van der Waals surface area contributed by atoms with Crippen molar-refractivity contribution in [3.05, 3.63) is 36.0 Å². The molecule has 1 aromatic carbocycles. The Balaban J connectivity index is 1.92. The van der Waals surface area contributed by atoms with E-state index in [4.69, 9.17) is 5.11 Å². The minimum Gasteiger partial charge on any atom is -0.480 e. The first-order valence-electron chi connectivity index (χ1n) is 6.28. The lowest BCUT2D eigenvalue weighted by atomic mass is 9.86. The Kier molecular flexibility index (Phi) is 2.80. The van der Waals surface area contributed by atoms with Crippen molar-refractivity contribution in [1.29, 1.82) is 0 Å². The van der Waals surface area contributed by atoms with Crippen LogP contribution in [0.5, 0.6) is 0 Å². The number of para-hydroxylation sites is 1. The Hall–Kier alpha value is -1.81. The second-order valence-electron chi connectivity index (χ2n) is 4.86. The number of carboxylic acid groups (broad SMARTS) is 1. The topological polar surface area (TPSA) is 65.1 Å². The lowest BCUT2D eigenvalue weighted by Gasteiger charge is -2.27. The Morgan fingerprint density at radius 3 is 3.00 bits per heavy atom. The number of hydrogen-bond acceptors (Lipinski definition) is 2. The van der Waals surface area contributed by atoms with Crippen LogP contribution in [0.3, 0.4) is 0 Å². The summed E-state index contributed by atoms with van der Waals surface area (Å²) >= 11 is 0. The normalized spacial score (nSPS) is 24.2. The van der Waals surface area contributed by atoms with Gasteiger partial charge >= 0.3 is 5.97 Å². The molecule has 0 amide bonds. The number of piperidine rings is 1. The molecule has 1 saturated heterocycles. The molecule has 1 aromatic heterocycles. The Morgan fingerprint density at radius 1 is 1.33 bits per heavy atom. The quantitative estimate of drug-likeness (QED) is 0.758. The molecule has 4 nitrogen and oxygen atoms in total. The van der Waals surface area contributed by atoms with Crippen molar-refractivity contribution < 1.29 is 9.90 Å². The van der Waals surface area contributed by atoms with Crippen LogP contribution in [-0.2, 0) is 4.79 Å². The van der Waals surface area contributed by atoms with Crippen LogP contribution in [0, 0.1) is 0 Å². The molecule has 1 aliphatic rings. The fraction of sp³-hybridized carbons (Fsp3) is 0.357. The van der Waals surface area contributed by atoms with Crippen molar-refractivity contribution in [2.45, 2.75) is 24.8 Å². The largest absolute Gasteiger partial charge is 0.480 e. The highest BCUT2D eigenvalue weighted by atomic mass is 16.4. The highest BCUT2D eigenvalue weighted by Gasteiger charge is 2.28. The summed E-state index contributed by atoms with van der Waals surface area (Å²) in [4.78, 5) is 14.3. The molecule has 3 rings (SSSR count). The lowest BCUT2D eigenvalue weighted by molar-refractivity contribution is -0.140. The molecule has 2 aromatic rings. The Labute approximate surface area is 105 Å². The van der Waals surface area contributed by atoms with E-state index in [-0.39, 0.29) is 0 Å². The average Bonchev–Trinajstić information content (AvgIpc) is 2.82. The number of aromatic nitrogens is 1. The van der Waals surface area contributed by atoms with Crippen LogP contribution in [0.2, 0.25) is 0 Å². The lowest BCUT2D eigenvalue weighted by Crippen LogP contribution is -2.42. The Morgan fingerprint density at radius 2 is 2.17 bits per heavy atom. The van der Waals surface area contributed by atoms with Gasteiger partial charge in [-0.3, -0.25) is 4.79 Å². The van der Waals surface area contributed by atoms with Crippen LogP contribution in [0.15, 0.2) is 30.5 Å². The predicted octanol–water partition coefficient (Wildman–Crippen LogP) is 2.09. The molecule has 3 N–H and O–H groups in total. The van der Waals surface area contributed by atoms with Gasteiger partial charge in [-0.05, 0) is 36.9 Å². The molecule has 94 valence electrons. The molecular weight excluding hydrogens is 228 g/mol. The van der Waals surface area contributed by atoms with E-state index < -0.39 is 12.0 Å². The van der Waals surface area contributed by atoms with Crippen molar-refractivity contribution in [3.63, 3.8) is 0 Å². The number of carboxylic acids is 1. The van der Waals surface area contributed by atoms with Gasteiger partial charge in [0.25, 0.3) is 0 Å². The van der Waals surface area contributed by atoms with Crippen LogP contribution < -0.4 is 5.32 Å². The molecule has 2 heterocycles. The van der Waals surface area contributed by atoms with E-state index >= 15 is 0 Å². The fourth-order valence-corrected chi connectivity index (χ4v) is 2.82. The van der Waals surface area contributed by atoms with Crippen molar-refractivity contribution >= 4 is 16.9 Å². The van der Waals surface area contributed by atoms with Gasteiger partial charge in [0.1, 0.15) is 6.04 Å². The van der Waals surface area contributed by atoms with Gasteiger partial charge in [-0.25, -0.2) is 0 Å². The van der Waals surface area contributed by atoms with Crippen LogP contribution in [-0.4, -0.2) is 28.6 Å². The zero-order chi connectivity index (χ0) is 12.5. The summed E-state index contributed by atoms with van der Waals surface area (Å²) in [5.41, 5.74) is 2.37. The van der Waals surface area contributed by atoms with E-state index in [2.05, 4.69) is 22.4 Å². The number of nitrogens with one attached hydrogen (secondary N) is 2. The summed E-state index contributed by atoms with van der Waals surface area (Å²) in [6.07, 6.45) is 3.68. The minimum atomic E-state index is -0.750. The number of carbonyl (C=O) groups is 1. The van der Waals surface area contributed by atoms with Gasteiger partial charge in [0.15, 0.2) is 0 Å². The van der Waals surface area contributed by atoms with Crippen molar-refractivity contribution in [2.75, 3.05) is 6.54 Å². The van der Waals surface area contributed by atoms with E-state index in [0.717, 1.165) is 18.5 Å². The molecule has 1 fully saturated rings. The molecule has 1 aliphatic heterocycles. The van der Waals surface area contributed by atoms with Crippen LogP contribution in [0.4, 0.5) is 0 Å². The minimum absolute atomic E-state index is 0.323. The molecule has 0 bridgehead atoms. The maximum absolute atomic E-state index is 11.1. The third-order valence-electron chi connectivity index (χ3n) is 3.76. The van der Waals surface area contributed by atoms with Gasteiger partial charge in [-0.2, -0.15) is 0 Å². The molecule has 4 heteroatoms. The number of hydrogen-bond donors (Lipinski definition) is 3. The zero-order valence-corrected chi connectivity index (χ0v) is 10.0. The molecule has 0 spiro atoms. The van der Waals surface area contributed by atoms with Gasteiger partial charge in [0, 0.05) is 17.1 Å². The SMILES string of the molecule is O=C(O)C1CC(c2c[nH]c3ccccc23)CCN1. The molecule has 0 aliphatic carbocycles. The highest BCUT2D eigenvalue weighted by Crippen LogP contribution is 2.32. The van der Waals surface area contributed by atoms with Gasteiger partial charge in [-0.1, -0.05) is 18.2 Å². The number of fused-ring (bicyclic) bond motifs is 1. The van der Waals surface area contributed by atoms with Crippen LogP contribution in [0.25, 0.3) is 10.9 Å². The maximum atomic E-state index is 11.1. The van der Waals surface area contributed by atoms with Gasteiger partial charge in [0.2, 0.25) is 0 Å². The van der Waals surface area contributed by atoms with Crippen molar-refractivity contribution in [2.24, 2.45) is 0 Å². The number of rotatable bonds is 2. The molecule has 2 unspecified atom stereocenters. The summed E-state index contributed by atoms with van der Waals surface area (Å²) in [6.45, 7) is 0.765. The van der Waals surface area contributed by atoms with E-state index in [0.29, 0.717) is 12.3 Å². The first kappa shape index (κ1) is 11.3. The standard InChI is InChI=1S/C14H16N2O2/c17-14(18)13-7-9(5-6-15-13)11-8-16-12-4-2-1-3-10(11)12/h1-4,8-9,13,15-16H,5-7H2,(H,17,18). The summed E-state index contributed by atoms with van der Waals surface area (Å²) in [7, 11) is 0. The first-order chi connectivity index (χ1) is 8.75. The van der Waals surface area contributed by atoms with Crippen molar-refractivity contribution in [3.8, 4) is 0 Å². The number of aliphatic carboxylic acids is 1. The first-order valence-corrected chi connectivity index (χ1v) is 6.28. The second kappa shape index (κ2) is 4.46. The Bertz CT molecular complexity index is 576. The number of aromatic amines is 1. The van der Waals surface area contributed by atoms with Gasteiger partial charge in [-0.15, -0.1) is 0 Å². The van der Waals surface area contributed by atoms with E-state index in [1.807, 2.05) is 18.3 Å². The predicted molar refractivity (Wildman–Crippen MR) is 69.7 cm³/mol. The zero-order valence-electron chi connectivity index (χ0n) is 10.0. The fourth-order valence-electron chi connectivity index (χ4n) is 2.82. The van der Waals surface area contributed by atoms with Gasteiger partial charge < -0.3 is 15.4 Å². The van der Waals surface area contributed by atoms with Crippen LogP contribution >= 0.6 is 0 Å². The van der Waals surface area contributed by atoms with E-state index in [1.165, 1.54) is 10.9 Å². The van der Waals surface area contributed by atoms with E-state index in [9.17, 15) is 4.79 Å². The average molecular weight is 244 g/mol. The highest BCUT2D eigenvalue weighted by molar-refractivity contribution is 5.84. The third kappa shape index (κ3) is 1.88. The van der Waals surface area contributed by atoms with E-state index in [1.54, 1.807) is 0 Å². The number of H-pyrrole nitrogens is 1. The summed E-state index contributed by atoms with van der Waals surface area (Å²) < 4.78 is 0. The van der Waals surface area contributed by atoms with Crippen LogP contribution in [0.1, 0.15) is 24.3 Å². The van der Waals surface area contributed by atoms with Gasteiger partial charge in [0.05, 0.1) is 0 Å². The summed E-state index contributed by atoms with van der Waals surface area (Å²) in [5, 5.41) is 13.4. The number of benzene rings is 1. The summed E-state index contributed by atoms with van der Waals surface area (Å²) in [6, 6.07) is 7.76. The molecule has 2 atom stereocenters.